The first-order valence-corrected chi connectivity index (χ1v) is 9.87. The van der Waals surface area contributed by atoms with Gasteiger partial charge < -0.3 is 10.2 Å². The van der Waals surface area contributed by atoms with Gasteiger partial charge in [0.2, 0.25) is 11.9 Å². The van der Waals surface area contributed by atoms with Crippen LogP contribution in [0.2, 0.25) is 0 Å². The molecule has 1 saturated heterocycles. The van der Waals surface area contributed by atoms with E-state index in [1.165, 1.54) is 6.42 Å². The standard InChI is InChI=1S/C22H22N4O2/c27-18-13-17(16-10-6-8-14-7-2-3-9-15(14)16)19-20(23-18)24-22(25-21(19)28)26-11-4-1-5-12-26/h2-3,6-10,17H,1,4-5,11-13H2,(H2,23,24,25,27,28)/t17-/m1/s1. The summed E-state index contributed by atoms with van der Waals surface area (Å²) in [6.45, 7) is 1.75. The zero-order valence-electron chi connectivity index (χ0n) is 15.6. The first-order chi connectivity index (χ1) is 13.7. The Balaban J connectivity index is 1.65. The Morgan fingerprint density at radius 2 is 1.75 bits per heavy atom. The van der Waals surface area contributed by atoms with E-state index in [0.717, 1.165) is 42.3 Å². The molecule has 2 aliphatic rings. The molecule has 1 fully saturated rings. The maximum absolute atomic E-state index is 13.1. The van der Waals surface area contributed by atoms with Gasteiger partial charge in [-0.2, -0.15) is 4.98 Å². The van der Waals surface area contributed by atoms with E-state index in [9.17, 15) is 9.59 Å². The SMILES string of the molecule is O=C1C[C@H](c2cccc3ccccc23)c2c(nc(N3CCCCC3)[nH]c2=O)N1. The number of benzene rings is 2. The van der Waals surface area contributed by atoms with Gasteiger partial charge in [0, 0.05) is 25.4 Å². The molecule has 6 nitrogen and oxygen atoms in total. The molecule has 1 amide bonds. The van der Waals surface area contributed by atoms with E-state index < -0.39 is 0 Å². The molecule has 2 aliphatic heterocycles. The van der Waals surface area contributed by atoms with Crippen molar-refractivity contribution >= 4 is 28.4 Å². The summed E-state index contributed by atoms with van der Waals surface area (Å²) in [5.41, 5.74) is 1.38. The number of rotatable bonds is 2. The first kappa shape index (κ1) is 17.0. The number of H-pyrrole nitrogens is 1. The van der Waals surface area contributed by atoms with Gasteiger partial charge in [-0.05, 0) is 35.6 Å². The molecule has 0 aliphatic carbocycles. The van der Waals surface area contributed by atoms with Crippen LogP contribution in [0.25, 0.3) is 10.8 Å². The highest BCUT2D eigenvalue weighted by Crippen LogP contribution is 2.37. The minimum absolute atomic E-state index is 0.104. The van der Waals surface area contributed by atoms with Crippen LogP contribution in [0.15, 0.2) is 47.3 Å². The van der Waals surface area contributed by atoms with Crippen molar-refractivity contribution in [3.05, 3.63) is 63.9 Å². The predicted octanol–water partition coefficient (Wildman–Crippen LogP) is 3.39. The van der Waals surface area contributed by atoms with Gasteiger partial charge in [0.15, 0.2) is 0 Å². The molecule has 0 radical (unpaired) electrons. The Labute approximate surface area is 162 Å². The molecular formula is C22H22N4O2. The number of carbonyl (C=O) groups excluding carboxylic acids is 1. The van der Waals surface area contributed by atoms with Crippen molar-refractivity contribution in [2.75, 3.05) is 23.3 Å². The summed E-state index contributed by atoms with van der Waals surface area (Å²) in [4.78, 5) is 35.3. The Morgan fingerprint density at radius 1 is 0.964 bits per heavy atom. The Bertz CT molecular complexity index is 1110. The summed E-state index contributed by atoms with van der Waals surface area (Å²) in [6, 6.07) is 14.1. The zero-order chi connectivity index (χ0) is 19.1. The fourth-order valence-corrected chi connectivity index (χ4v) is 4.43. The highest BCUT2D eigenvalue weighted by atomic mass is 16.2. The van der Waals surface area contributed by atoms with Gasteiger partial charge in [-0.15, -0.1) is 0 Å². The summed E-state index contributed by atoms with van der Waals surface area (Å²) in [5, 5.41) is 5.00. The van der Waals surface area contributed by atoms with Crippen molar-refractivity contribution in [2.45, 2.75) is 31.6 Å². The second-order valence-corrected chi connectivity index (χ2v) is 7.57. The number of piperidine rings is 1. The highest BCUT2D eigenvalue weighted by Gasteiger charge is 2.32. The van der Waals surface area contributed by atoms with Crippen LogP contribution < -0.4 is 15.8 Å². The molecule has 0 spiro atoms. The fourth-order valence-electron chi connectivity index (χ4n) is 4.43. The molecule has 142 valence electrons. The second kappa shape index (κ2) is 6.78. The monoisotopic (exact) mass is 374 g/mol. The van der Waals surface area contributed by atoms with Crippen molar-refractivity contribution in [2.24, 2.45) is 0 Å². The van der Waals surface area contributed by atoms with E-state index in [1.54, 1.807) is 0 Å². The maximum Gasteiger partial charge on any atom is 0.258 e. The van der Waals surface area contributed by atoms with Crippen LogP contribution in [0.4, 0.5) is 11.8 Å². The molecule has 1 atom stereocenters. The van der Waals surface area contributed by atoms with Crippen LogP contribution in [-0.4, -0.2) is 29.0 Å². The second-order valence-electron chi connectivity index (χ2n) is 7.57. The Kier molecular flexibility index (Phi) is 4.11. The number of fused-ring (bicyclic) bond motifs is 2. The number of carbonyl (C=O) groups is 1. The molecule has 3 heterocycles. The molecular weight excluding hydrogens is 352 g/mol. The third-order valence-corrected chi connectivity index (χ3v) is 5.79. The zero-order valence-corrected chi connectivity index (χ0v) is 15.6. The number of amides is 1. The van der Waals surface area contributed by atoms with E-state index in [0.29, 0.717) is 17.3 Å². The fraction of sp³-hybridized carbons (Fsp3) is 0.318. The summed E-state index contributed by atoms with van der Waals surface area (Å²) in [6.07, 6.45) is 3.62. The number of nitrogens with one attached hydrogen (secondary N) is 2. The van der Waals surface area contributed by atoms with Gasteiger partial charge in [-0.3, -0.25) is 14.6 Å². The number of aromatic amines is 1. The van der Waals surface area contributed by atoms with E-state index in [-0.39, 0.29) is 23.8 Å². The number of hydrogen-bond acceptors (Lipinski definition) is 4. The van der Waals surface area contributed by atoms with Gasteiger partial charge >= 0.3 is 0 Å². The average molecular weight is 374 g/mol. The topological polar surface area (TPSA) is 78.1 Å². The summed E-state index contributed by atoms with van der Waals surface area (Å²) in [5.74, 6) is 0.551. The van der Waals surface area contributed by atoms with Crippen molar-refractivity contribution < 1.29 is 4.79 Å². The number of nitrogens with zero attached hydrogens (tertiary/aromatic N) is 2. The lowest BCUT2D eigenvalue weighted by Gasteiger charge is -2.30. The molecule has 5 rings (SSSR count). The maximum atomic E-state index is 13.1. The summed E-state index contributed by atoms with van der Waals surface area (Å²) >= 11 is 0. The molecule has 0 saturated carbocycles. The normalized spacial score (nSPS) is 19.4. The van der Waals surface area contributed by atoms with Crippen LogP contribution in [0.3, 0.4) is 0 Å². The molecule has 2 aromatic carbocycles. The van der Waals surface area contributed by atoms with E-state index >= 15 is 0 Å². The van der Waals surface area contributed by atoms with Crippen molar-refractivity contribution in [1.29, 1.82) is 0 Å². The van der Waals surface area contributed by atoms with E-state index in [4.69, 9.17) is 0 Å². The molecule has 0 unspecified atom stereocenters. The van der Waals surface area contributed by atoms with Crippen molar-refractivity contribution in [3.63, 3.8) is 0 Å². The molecule has 0 bridgehead atoms. The van der Waals surface area contributed by atoms with Gasteiger partial charge in [0.25, 0.3) is 5.56 Å². The molecule has 6 heteroatoms. The Hall–Kier alpha value is -3.15. The van der Waals surface area contributed by atoms with Gasteiger partial charge in [0.05, 0.1) is 5.56 Å². The molecule has 2 N–H and O–H groups in total. The van der Waals surface area contributed by atoms with Crippen molar-refractivity contribution in [1.82, 2.24) is 9.97 Å². The lowest BCUT2D eigenvalue weighted by atomic mass is 9.84. The van der Waals surface area contributed by atoms with Crippen molar-refractivity contribution in [3.8, 4) is 0 Å². The first-order valence-electron chi connectivity index (χ1n) is 9.87. The van der Waals surface area contributed by atoms with Crippen LogP contribution in [-0.2, 0) is 4.79 Å². The van der Waals surface area contributed by atoms with Gasteiger partial charge in [0.1, 0.15) is 5.82 Å². The number of aromatic nitrogens is 2. The minimum atomic E-state index is -0.304. The molecule has 28 heavy (non-hydrogen) atoms. The molecule has 1 aromatic heterocycles. The minimum Gasteiger partial charge on any atom is -0.342 e. The quantitative estimate of drug-likeness (QED) is 0.721. The third kappa shape index (κ3) is 2.85. The lowest BCUT2D eigenvalue weighted by molar-refractivity contribution is -0.116. The smallest absolute Gasteiger partial charge is 0.258 e. The predicted molar refractivity (Wildman–Crippen MR) is 110 cm³/mol. The van der Waals surface area contributed by atoms with Crippen LogP contribution in [0.5, 0.6) is 0 Å². The van der Waals surface area contributed by atoms with Crippen LogP contribution >= 0.6 is 0 Å². The van der Waals surface area contributed by atoms with Gasteiger partial charge in [-0.1, -0.05) is 42.5 Å². The van der Waals surface area contributed by atoms with Gasteiger partial charge in [-0.25, -0.2) is 0 Å². The van der Waals surface area contributed by atoms with E-state index in [1.807, 2.05) is 42.5 Å². The molecule has 3 aromatic rings. The Morgan fingerprint density at radius 3 is 2.61 bits per heavy atom. The van der Waals surface area contributed by atoms with Crippen LogP contribution in [0, 0.1) is 0 Å². The number of hydrogen-bond donors (Lipinski definition) is 2. The highest BCUT2D eigenvalue weighted by molar-refractivity contribution is 5.96. The number of anilines is 2. The summed E-state index contributed by atoms with van der Waals surface area (Å²) in [7, 11) is 0. The lowest BCUT2D eigenvalue weighted by Crippen LogP contribution is -2.36. The largest absolute Gasteiger partial charge is 0.342 e. The van der Waals surface area contributed by atoms with Crippen LogP contribution in [0.1, 0.15) is 42.7 Å². The average Bonchev–Trinajstić information content (AvgIpc) is 2.73. The third-order valence-electron chi connectivity index (χ3n) is 5.79. The van der Waals surface area contributed by atoms with E-state index in [2.05, 4.69) is 20.2 Å². The summed E-state index contributed by atoms with van der Waals surface area (Å²) < 4.78 is 0.